The summed E-state index contributed by atoms with van der Waals surface area (Å²) in [5.41, 5.74) is 14.2. The number of nitrogens with one attached hydrogen (secondary N) is 1. The van der Waals surface area contributed by atoms with Gasteiger partial charge in [-0.25, -0.2) is 13.4 Å². The number of imidazole rings is 1. The number of sulfonamides is 1. The molecule has 13 heteroatoms. The summed E-state index contributed by atoms with van der Waals surface area (Å²) < 4.78 is 36.1. The lowest BCUT2D eigenvalue weighted by Gasteiger charge is -2.28. The highest BCUT2D eigenvalue weighted by molar-refractivity contribution is 7.92. The first-order chi connectivity index (χ1) is 22.0. The average molecular weight is 648 g/mol. The lowest BCUT2D eigenvalue weighted by molar-refractivity contribution is -0.145. The molecule has 46 heavy (non-hydrogen) atoms. The molecule has 1 atom stereocenters. The molecule has 0 fully saturated rings. The number of rotatable bonds is 16. The van der Waals surface area contributed by atoms with Gasteiger partial charge in [0.25, 0.3) is 10.0 Å². The number of nitrogens with two attached hydrogens (primary N) is 2. The number of primary amides is 1. The van der Waals surface area contributed by atoms with Gasteiger partial charge in [0.15, 0.2) is 0 Å². The Balaban J connectivity index is 1.86. The molecule has 0 radical (unpaired) electrons. The van der Waals surface area contributed by atoms with Crippen LogP contribution in [0.2, 0.25) is 0 Å². The van der Waals surface area contributed by atoms with Gasteiger partial charge in [-0.2, -0.15) is 0 Å². The molecule has 0 spiro atoms. The first-order valence-electron chi connectivity index (χ1n) is 15.2. The van der Waals surface area contributed by atoms with Gasteiger partial charge in [-0.1, -0.05) is 56.3 Å². The number of ether oxygens (including phenoxy) is 1. The van der Waals surface area contributed by atoms with E-state index in [9.17, 15) is 18.0 Å². The smallest absolute Gasteiger partial charge is 0.308 e. The SMILES string of the molecule is CCOC(=O)CC(C(N)=O)n1c(Cc2ccc(C(=N)N)cc2)nc2cc(N(CCN(CC)CC)S(=O)(=O)c3ccccc3)ccc21. The van der Waals surface area contributed by atoms with E-state index in [-0.39, 0.29) is 36.7 Å². The van der Waals surface area contributed by atoms with Crippen molar-refractivity contribution in [3.63, 3.8) is 0 Å². The maximum atomic E-state index is 14.0. The van der Waals surface area contributed by atoms with Gasteiger partial charge in [-0.05, 0) is 55.9 Å². The van der Waals surface area contributed by atoms with Gasteiger partial charge < -0.3 is 25.7 Å². The number of benzene rings is 3. The van der Waals surface area contributed by atoms with Crippen molar-refractivity contribution in [3.8, 4) is 0 Å². The number of anilines is 1. The van der Waals surface area contributed by atoms with Gasteiger partial charge in [-0.15, -0.1) is 0 Å². The second kappa shape index (κ2) is 15.0. The Labute approximate surface area is 269 Å². The summed E-state index contributed by atoms with van der Waals surface area (Å²) in [7, 11) is -3.94. The number of hydrogen-bond acceptors (Lipinski definition) is 8. The molecule has 1 heterocycles. The van der Waals surface area contributed by atoms with Crippen molar-refractivity contribution >= 4 is 44.5 Å². The minimum Gasteiger partial charge on any atom is -0.466 e. The molecular weight excluding hydrogens is 606 g/mol. The van der Waals surface area contributed by atoms with E-state index in [1.807, 2.05) is 13.8 Å². The van der Waals surface area contributed by atoms with Crippen LogP contribution in [-0.2, 0) is 30.8 Å². The van der Waals surface area contributed by atoms with Gasteiger partial charge in [0, 0.05) is 25.1 Å². The van der Waals surface area contributed by atoms with Crippen molar-refractivity contribution in [2.24, 2.45) is 11.5 Å². The molecule has 0 aliphatic carbocycles. The van der Waals surface area contributed by atoms with E-state index in [1.54, 1.807) is 84.3 Å². The molecule has 244 valence electrons. The van der Waals surface area contributed by atoms with Crippen LogP contribution in [0.25, 0.3) is 11.0 Å². The van der Waals surface area contributed by atoms with Crippen molar-refractivity contribution in [3.05, 3.63) is 89.7 Å². The first-order valence-corrected chi connectivity index (χ1v) is 16.6. The Kier molecular flexibility index (Phi) is 11.1. The number of hydrogen-bond donors (Lipinski definition) is 3. The third-order valence-corrected chi connectivity index (χ3v) is 9.65. The first kappa shape index (κ1) is 34.1. The minimum atomic E-state index is -3.94. The molecule has 5 N–H and O–H groups in total. The monoisotopic (exact) mass is 647 g/mol. The average Bonchev–Trinajstić information content (AvgIpc) is 3.39. The number of nitrogen functional groups attached to an aromatic ring is 1. The second-order valence-electron chi connectivity index (χ2n) is 10.7. The molecule has 0 saturated carbocycles. The molecular formula is C33H41N7O5S. The zero-order chi connectivity index (χ0) is 33.4. The summed E-state index contributed by atoms with van der Waals surface area (Å²) in [6.07, 6.45) is -0.0478. The summed E-state index contributed by atoms with van der Waals surface area (Å²) in [5.74, 6) is -0.947. The van der Waals surface area contributed by atoms with Crippen molar-refractivity contribution in [1.82, 2.24) is 14.5 Å². The van der Waals surface area contributed by atoms with Gasteiger partial charge >= 0.3 is 5.97 Å². The molecule has 0 saturated heterocycles. The van der Waals surface area contributed by atoms with Crippen LogP contribution in [-0.4, -0.2) is 73.4 Å². The lowest BCUT2D eigenvalue weighted by atomic mass is 10.1. The number of aromatic nitrogens is 2. The number of amidine groups is 1. The molecule has 0 aliphatic heterocycles. The summed E-state index contributed by atoms with van der Waals surface area (Å²) in [6, 6.07) is 19.3. The Hall–Kier alpha value is -4.75. The maximum Gasteiger partial charge on any atom is 0.308 e. The van der Waals surface area contributed by atoms with Crippen molar-refractivity contribution < 1.29 is 22.7 Å². The summed E-state index contributed by atoms with van der Waals surface area (Å²) in [5, 5.41) is 7.68. The van der Waals surface area contributed by atoms with Crippen molar-refractivity contribution in [2.75, 3.05) is 37.1 Å². The quantitative estimate of drug-likeness (QED) is 0.0941. The zero-order valence-electron chi connectivity index (χ0n) is 26.3. The van der Waals surface area contributed by atoms with E-state index in [4.69, 9.17) is 26.6 Å². The van der Waals surface area contributed by atoms with Gasteiger partial charge in [0.2, 0.25) is 5.91 Å². The second-order valence-corrected chi connectivity index (χ2v) is 12.6. The minimum absolute atomic E-state index is 0.0643. The highest BCUT2D eigenvalue weighted by Gasteiger charge is 2.29. The van der Waals surface area contributed by atoms with Crippen LogP contribution < -0.4 is 15.8 Å². The highest BCUT2D eigenvalue weighted by Crippen LogP contribution is 2.31. The number of likely N-dealkylation sites (N-methyl/N-ethyl adjacent to an activating group) is 1. The Morgan fingerprint density at radius 1 is 0.957 bits per heavy atom. The van der Waals surface area contributed by atoms with Crippen LogP contribution >= 0.6 is 0 Å². The number of amides is 1. The predicted octanol–water partition coefficient (Wildman–Crippen LogP) is 3.43. The Morgan fingerprint density at radius 3 is 2.22 bits per heavy atom. The van der Waals surface area contributed by atoms with Crippen LogP contribution in [0.1, 0.15) is 50.2 Å². The van der Waals surface area contributed by atoms with Crippen LogP contribution in [0, 0.1) is 5.41 Å². The lowest BCUT2D eigenvalue weighted by Crippen LogP contribution is -2.38. The number of nitrogens with zero attached hydrogens (tertiary/aromatic N) is 4. The fourth-order valence-corrected chi connectivity index (χ4v) is 6.79. The van der Waals surface area contributed by atoms with E-state index in [0.717, 1.165) is 18.7 Å². The zero-order valence-corrected chi connectivity index (χ0v) is 27.2. The molecule has 0 bridgehead atoms. The predicted molar refractivity (Wildman–Crippen MR) is 178 cm³/mol. The molecule has 3 aromatic carbocycles. The largest absolute Gasteiger partial charge is 0.466 e. The normalized spacial score (nSPS) is 12.3. The van der Waals surface area contributed by atoms with E-state index in [2.05, 4.69) is 4.90 Å². The van der Waals surface area contributed by atoms with E-state index >= 15 is 0 Å². The molecule has 1 unspecified atom stereocenters. The van der Waals surface area contributed by atoms with E-state index in [1.165, 1.54) is 4.31 Å². The van der Waals surface area contributed by atoms with E-state index < -0.39 is 27.9 Å². The summed E-state index contributed by atoms with van der Waals surface area (Å²) in [4.78, 5) is 32.5. The number of fused-ring (bicyclic) bond motifs is 1. The van der Waals surface area contributed by atoms with E-state index in [0.29, 0.717) is 34.7 Å². The molecule has 4 aromatic rings. The third kappa shape index (κ3) is 7.72. The Morgan fingerprint density at radius 2 is 1.63 bits per heavy atom. The molecule has 1 aromatic heterocycles. The van der Waals surface area contributed by atoms with Crippen molar-refractivity contribution in [1.29, 1.82) is 5.41 Å². The standard InChI is InChI=1S/C33H41N7O5S/c1-4-38(5-2)18-19-39(46(43,44)26-10-8-7-9-11-26)25-16-17-28-27(21-25)37-30(20-23-12-14-24(15-13-23)32(34)35)40(28)29(33(36)42)22-31(41)45-6-3/h7-17,21,29H,4-6,18-20,22H2,1-3H3,(H3,34,35)(H2,36,42). The fraction of sp³-hybridized carbons (Fsp3) is 0.333. The number of carbonyl (C=O) groups is 2. The van der Waals surface area contributed by atoms with Gasteiger partial charge in [0.05, 0.1) is 34.6 Å². The Bertz CT molecular complexity index is 1790. The molecule has 1 amide bonds. The van der Waals surface area contributed by atoms with Crippen LogP contribution in [0.5, 0.6) is 0 Å². The van der Waals surface area contributed by atoms with Crippen LogP contribution in [0.3, 0.4) is 0 Å². The van der Waals surface area contributed by atoms with Gasteiger partial charge in [0.1, 0.15) is 17.7 Å². The van der Waals surface area contributed by atoms with Gasteiger partial charge in [-0.3, -0.25) is 19.3 Å². The highest BCUT2D eigenvalue weighted by atomic mass is 32.2. The van der Waals surface area contributed by atoms with Crippen molar-refractivity contribution in [2.45, 2.75) is 44.6 Å². The van der Waals surface area contributed by atoms with Crippen LogP contribution in [0.4, 0.5) is 5.69 Å². The summed E-state index contributed by atoms with van der Waals surface area (Å²) in [6.45, 7) is 8.13. The fourth-order valence-electron chi connectivity index (χ4n) is 5.33. The molecule has 12 nitrogen and oxygen atoms in total. The third-order valence-electron chi connectivity index (χ3n) is 7.81. The molecule has 4 rings (SSSR count). The topological polar surface area (TPSA) is 178 Å². The van der Waals surface area contributed by atoms with Crippen LogP contribution in [0.15, 0.2) is 77.7 Å². The number of esters is 1. The number of carbonyl (C=O) groups excluding carboxylic acids is 2. The summed E-state index contributed by atoms with van der Waals surface area (Å²) >= 11 is 0. The maximum absolute atomic E-state index is 14.0. The molecule has 0 aliphatic rings.